The van der Waals surface area contributed by atoms with Crippen LogP contribution in [-0.4, -0.2) is 41.8 Å². The quantitative estimate of drug-likeness (QED) is 0.384. The molecule has 0 aromatic rings. The average Bonchev–Trinajstić information content (AvgIpc) is 2.74. The van der Waals surface area contributed by atoms with Crippen molar-refractivity contribution in [3.05, 3.63) is 12.2 Å². The van der Waals surface area contributed by atoms with Gasteiger partial charge in [-0.3, -0.25) is 9.59 Å². The first-order valence-electron chi connectivity index (χ1n) is 7.65. The predicted molar refractivity (Wildman–Crippen MR) is 78.6 cm³/mol. The number of ketones is 1. The number of unbranched alkanes of at least 4 members (excludes halogenated alkanes) is 3. The zero-order valence-electron chi connectivity index (χ0n) is 12.7. The number of ether oxygens (including phenoxy) is 1. The Hall–Kier alpha value is -1.20. The molecule has 0 saturated heterocycles. The highest BCUT2D eigenvalue weighted by atomic mass is 16.5. The van der Waals surface area contributed by atoms with E-state index < -0.39 is 6.10 Å². The molecule has 0 unspecified atom stereocenters. The number of aliphatic hydroxyl groups excluding tert-OH is 2. The molecule has 120 valence electrons. The summed E-state index contributed by atoms with van der Waals surface area (Å²) >= 11 is 0. The lowest BCUT2D eigenvalue weighted by Crippen LogP contribution is -2.18. The van der Waals surface area contributed by atoms with E-state index >= 15 is 0 Å². The highest BCUT2D eigenvalue weighted by molar-refractivity contribution is 5.84. The van der Waals surface area contributed by atoms with Crippen LogP contribution < -0.4 is 0 Å². The third-order valence-corrected chi connectivity index (χ3v) is 4.07. The van der Waals surface area contributed by atoms with Gasteiger partial charge < -0.3 is 14.9 Å². The standard InChI is InChI=1S/C16H26O5/c1-21-16(20)9-5-3-2-4-7-12-13(8-6-10-17)15(19)11-14(12)18/h6,8,12-13,15,17,19H,2-5,7,9-11H2,1H3/b8-6+/t12-,13-,15-/m1/s1. The van der Waals surface area contributed by atoms with Crippen molar-refractivity contribution in [1.82, 2.24) is 0 Å². The molecule has 2 N–H and O–H groups in total. The Labute approximate surface area is 126 Å². The van der Waals surface area contributed by atoms with Crippen molar-refractivity contribution in [3.8, 4) is 0 Å². The lowest BCUT2D eigenvalue weighted by atomic mass is 9.89. The zero-order chi connectivity index (χ0) is 15.7. The molecule has 1 fully saturated rings. The fourth-order valence-corrected chi connectivity index (χ4v) is 2.90. The van der Waals surface area contributed by atoms with Crippen molar-refractivity contribution >= 4 is 11.8 Å². The minimum absolute atomic E-state index is 0.0718. The number of hydrogen-bond acceptors (Lipinski definition) is 5. The Morgan fingerprint density at radius 3 is 2.71 bits per heavy atom. The average molecular weight is 298 g/mol. The van der Waals surface area contributed by atoms with E-state index in [0.717, 1.165) is 32.1 Å². The third kappa shape index (κ3) is 5.98. The normalized spacial score (nSPS) is 25.7. The SMILES string of the molecule is COC(=O)CCCCCC[C@H]1C(=O)C[C@@H](O)[C@@H]1/C=C/CO. The maximum absolute atomic E-state index is 11.9. The van der Waals surface area contributed by atoms with Crippen LogP contribution in [0.15, 0.2) is 12.2 Å². The van der Waals surface area contributed by atoms with Crippen molar-refractivity contribution in [3.63, 3.8) is 0 Å². The monoisotopic (exact) mass is 298 g/mol. The molecule has 0 bridgehead atoms. The maximum Gasteiger partial charge on any atom is 0.305 e. The second-order valence-corrected chi connectivity index (χ2v) is 5.56. The van der Waals surface area contributed by atoms with Crippen molar-refractivity contribution in [2.24, 2.45) is 11.8 Å². The number of carbonyl (C=O) groups is 2. The molecule has 0 amide bonds. The fourth-order valence-electron chi connectivity index (χ4n) is 2.90. The van der Waals surface area contributed by atoms with Gasteiger partial charge >= 0.3 is 5.97 Å². The van der Waals surface area contributed by atoms with Gasteiger partial charge in [0.15, 0.2) is 0 Å². The molecule has 3 atom stereocenters. The summed E-state index contributed by atoms with van der Waals surface area (Å²) in [6, 6.07) is 0. The topological polar surface area (TPSA) is 83.8 Å². The van der Waals surface area contributed by atoms with Crippen molar-refractivity contribution in [1.29, 1.82) is 0 Å². The first kappa shape index (κ1) is 17.9. The number of esters is 1. The second kappa shape index (κ2) is 9.68. The zero-order valence-corrected chi connectivity index (χ0v) is 12.7. The first-order chi connectivity index (χ1) is 10.1. The number of aliphatic hydroxyl groups is 2. The molecule has 21 heavy (non-hydrogen) atoms. The smallest absolute Gasteiger partial charge is 0.305 e. The fraction of sp³-hybridized carbons (Fsp3) is 0.750. The molecule has 5 heteroatoms. The molecule has 1 saturated carbocycles. The number of Topliss-reactive ketones (excluding diaryl/α,β-unsaturated/α-hetero) is 1. The van der Waals surface area contributed by atoms with Gasteiger partial charge in [-0.05, 0) is 12.8 Å². The molecular formula is C16H26O5. The van der Waals surface area contributed by atoms with Crippen LogP contribution in [0.4, 0.5) is 0 Å². The highest BCUT2D eigenvalue weighted by Gasteiger charge is 2.39. The van der Waals surface area contributed by atoms with Crippen LogP contribution in [0.1, 0.15) is 44.9 Å². The van der Waals surface area contributed by atoms with Gasteiger partial charge in [0.25, 0.3) is 0 Å². The Morgan fingerprint density at radius 2 is 2.05 bits per heavy atom. The molecule has 1 rings (SSSR count). The van der Waals surface area contributed by atoms with E-state index in [1.807, 2.05) is 0 Å². The maximum atomic E-state index is 11.9. The summed E-state index contributed by atoms with van der Waals surface area (Å²) in [6.07, 6.45) is 7.78. The number of carbonyl (C=O) groups excluding carboxylic acids is 2. The molecule has 0 aromatic carbocycles. The van der Waals surface area contributed by atoms with Crippen molar-refractivity contribution in [2.75, 3.05) is 13.7 Å². The molecule has 0 aromatic heterocycles. The Bertz CT molecular complexity index is 364. The van der Waals surface area contributed by atoms with Crippen molar-refractivity contribution < 1.29 is 24.5 Å². The second-order valence-electron chi connectivity index (χ2n) is 5.56. The van der Waals surface area contributed by atoms with Gasteiger partial charge in [0.1, 0.15) is 5.78 Å². The number of methoxy groups -OCH3 is 1. The lowest BCUT2D eigenvalue weighted by Gasteiger charge is -2.17. The minimum atomic E-state index is -0.621. The molecule has 1 aliphatic rings. The summed E-state index contributed by atoms with van der Waals surface area (Å²) in [5.41, 5.74) is 0. The van der Waals surface area contributed by atoms with E-state index in [1.165, 1.54) is 7.11 Å². The van der Waals surface area contributed by atoms with Crippen LogP contribution in [0, 0.1) is 11.8 Å². The van der Waals surface area contributed by atoms with E-state index in [-0.39, 0.29) is 36.6 Å². The van der Waals surface area contributed by atoms with Gasteiger partial charge in [0, 0.05) is 24.7 Å². The molecule has 1 aliphatic carbocycles. The molecule has 0 heterocycles. The van der Waals surface area contributed by atoms with Crippen LogP contribution in [0.2, 0.25) is 0 Å². The summed E-state index contributed by atoms with van der Waals surface area (Å²) < 4.78 is 4.58. The largest absolute Gasteiger partial charge is 0.469 e. The van der Waals surface area contributed by atoms with Crippen molar-refractivity contribution in [2.45, 2.75) is 51.0 Å². The summed E-state index contributed by atoms with van der Waals surface area (Å²) in [5, 5.41) is 18.7. The predicted octanol–water partition coefficient (Wildman–Crippen LogP) is 1.61. The molecule has 0 spiro atoms. The van der Waals surface area contributed by atoms with Gasteiger partial charge in [-0.25, -0.2) is 0 Å². The van der Waals surface area contributed by atoms with E-state index in [4.69, 9.17) is 5.11 Å². The summed E-state index contributed by atoms with van der Waals surface area (Å²) in [6.45, 7) is -0.0718. The van der Waals surface area contributed by atoms with Crippen LogP contribution in [0.25, 0.3) is 0 Å². The Morgan fingerprint density at radius 1 is 1.33 bits per heavy atom. The van der Waals surface area contributed by atoms with Crippen LogP contribution in [0.5, 0.6) is 0 Å². The Kier molecular flexibility index (Phi) is 8.23. The third-order valence-electron chi connectivity index (χ3n) is 4.07. The summed E-state index contributed by atoms with van der Waals surface area (Å²) in [5.74, 6) is -0.369. The van der Waals surface area contributed by atoms with Gasteiger partial charge in [0.2, 0.25) is 0 Å². The van der Waals surface area contributed by atoms with E-state index in [1.54, 1.807) is 12.2 Å². The molecular weight excluding hydrogens is 272 g/mol. The summed E-state index contributed by atoms with van der Waals surface area (Å²) in [4.78, 5) is 22.8. The molecule has 0 aliphatic heterocycles. The number of rotatable bonds is 9. The van der Waals surface area contributed by atoms with Gasteiger partial charge in [-0.1, -0.05) is 31.4 Å². The first-order valence-corrected chi connectivity index (χ1v) is 7.65. The summed E-state index contributed by atoms with van der Waals surface area (Å²) in [7, 11) is 1.39. The van der Waals surface area contributed by atoms with Crippen LogP contribution >= 0.6 is 0 Å². The van der Waals surface area contributed by atoms with E-state index in [9.17, 15) is 14.7 Å². The van der Waals surface area contributed by atoms with Gasteiger partial charge in [-0.15, -0.1) is 0 Å². The van der Waals surface area contributed by atoms with Gasteiger partial charge in [-0.2, -0.15) is 0 Å². The van der Waals surface area contributed by atoms with E-state index in [0.29, 0.717) is 6.42 Å². The molecule has 5 nitrogen and oxygen atoms in total. The van der Waals surface area contributed by atoms with Gasteiger partial charge in [0.05, 0.1) is 19.8 Å². The lowest BCUT2D eigenvalue weighted by molar-refractivity contribution is -0.140. The van der Waals surface area contributed by atoms with E-state index in [2.05, 4.69) is 4.74 Å². The number of hydrogen-bond donors (Lipinski definition) is 2. The van der Waals surface area contributed by atoms with Crippen LogP contribution in [0.3, 0.4) is 0 Å². The minimum Gasteiger partial charge on any atom is -0.469 e. The highest BCUT2D eigenvalue weighted by Crippen LogP contribution is 2.34. The van der Waals surface area contributed by atoms with Crippen LogP contribution in [-0.2, 0) is 14.3 Å². The molecule has 0 radical (unpaired) electrons. The Balaban J connectivity index is 2.27.